The van der Waals surface area contributed by atoms with Gasteiger partial charge in [-0.15, -0.1) is 0 Å². The summed E-state index contributed by atoms with van der Waals surface area (Å²) in [4.78, 5) is 23.1. The first-order chi connectivity index (χ1) is 9.65. The van der Waals surface area contributed by atoms with Crippen molar-refractivity contribution < 1.29 is 9.59 Å². The fourth-order valence-electron chi connectivity index (χ4n) is 1.68. The number of carbonyl (C=O) groups is 2. The quantitative estimate of drug-likeness (QED) is 0.700. The molecule has 0 aromatic heterocycles. The molecule has 108 valence electrons. The summed E-state index contributed by atoms with van der Waals surface area (Å²) >= 11 is 5.75. The number of hydrogen-bond acceptors (Lipinski definition) is 2. The predicted octanol–water partition coefficient (Wildman–Crippen LogP) is 1.78. The third kappa shape index (κ3) is 5.09. The summed E-state index contributed by atoms with van der Waals surface area (Å²) in [6.45, 7) is 1.52. The van der Waals surface area contributed by atoms with Crippen LogP contribution in [-0.2, 0) is 0 Å². The fraction of sp³-hybridized carbons (Fsp3) is 0.429. The number of halogens is 1. The van der Waals surface area contributed by atoms with E-state index in [1.165, 1.54) is 12.8 Å². The van der Waals surface area contributed by atoms with Gasteiger partial charge in [-0.1, -0.05) is 11.6 Å². The molecule has 20 heavy (non-hydrogen) atoms. The predicted molar refractivity (Wildman–Crippen MR) is 77.9 cm³/mol. The van der Waals surface area contributed by atoms with Crippen LogP contribution in [0.5, 0.6) is 0 Å². The molecule has 0 aliphatic heterocycles. The minimum atomic E-state index is -0.183. The summed E-state index contributed by atoms with van der Waals surface area (Å²) in [6, 6.07) is 6.47. The topological polar surface area (TPSA) is 70.2 Å². The molecule has 5 nitrogen and oxygen atoms in total. The van der Waals surface area contributed by atoms with E-state index in [4.69, 9.17) is 11.6 Å². The second kappa shape index (κ2) is 7.14. The van der Waals surface area contributed by atoms with Crippen LogP contribution in [0.3, 0.4) is 0 Å². The van der Waals surface area contributed by atoms with E-state index < -0.39 is 0 Å². The van der Waals surface area contributed by atoms with Crippen molar-refractivity contribution in [3.05, 3.63) is 34.9 Å². The monoisotopic (exact) mass is 295 g/mol. The highest BCUT2D eigenvalue weighted by Crippen LogP contribution is 2.27. The molecule has 0 spiro atoms. The molecule has 1 aromatic rings. The summed E-state index contributed by atoms with van der Waals surface area (Å²) in [7, 11) is 0. The molecule has 1 fully saturated rings. The lowest BCUT2D eigenvalue weighted by Crippen LogP contribution is -2.40. The molecule has 2 rings (SSSR count). The van der Waals surface area contributed by atoms with Crippen LogP contribution in [0.2, 0.25) is 5.02 Å². The Morgan fingerprint density at radius 1 is 1.05 bits per heavy atom. The molecule has 6 heteroatoms. The zero-order valence-corrected chi connectivity index (χ0v) is 11.9. The highest BCUT2D eigenvalue weighted by Gasteiger charge is 2.21. The normalized spacial score (nSPS) is 13.7. The van der Waals surface area contributed by atoms with Crippen LogP contribution < -0.4 is 16.0 Å². The maximum absolute atomic E-state index is 11.7. The second-order valence-corrected chi connectivity index (χ2v) is 5.28. The van der Waals surface area contributed by atoms with Crippen molar-refractivity contribution in [3.63, 3.8) is 0 Å². The molecule has 0 atom stereocenters. The molecule has 1 aliphatic carbocycles. The van der Waals surface area contributed by atoms with Gasteiger partial charge >= 0.3 is 6.03 Å². The Labute approximate surface area is 123 Å². The fourth-order valence-corrected chi connectivity index (χ4v) is 1.80. The van der Waals surface area contributed by atoms with E-state index in [9.17, 15) is 9.59 Å². The van der Waals surface area contributed by atoms with E-state index in [2.05, 4.69) is 16.0 Å². The summed E-state index contributed by atoms with van der Waals surface area (Å²) < 4.78 is 0. The van der Waals surface area contributed by atoms with Crippen LogP contribution in [0.4, 0.5) is 4.79 Å². The van der Waals surface area contributed by atoms with Gasteiger partial charge in [0.25, 0.3) is 5.91 Å². The highest BCUT2D eigenvalue weighted by molar-refractivity contribution is 6.30. The Balaban J connectivity index is 1.58. The first-order valence-electron chi connectivity index (χ1n) is 6.70. The molecule has 0 saturated heterocycles. The number of hydrogen-bond donors (Lipinski definition) is 3. The van der Waals surface area contributed by atoms with Gasteiger partial charge in [0, 0.05) is 30.2 Å². The molecular weight excluding hydrogens is 278 g/mol. The summed E-state index contributed by atoms with van der Waals surface area (Å²) in [5.74, 6) is 0.479. The van der Waals surface area contributed by atoms with Crippen LogP contribution in [-0.4, -0.2) is 31.6 Å². The van der Waals surface area contributed by atoms with Gasteiger partial charge in [0.2, 0.25) is 0 Å². The average molecular weight is 296 g/mol. The van der Waals surface area contributed by atoms with Gasteiger partial charge in [-0.05, 0) is 43.0 Å². The van der Waals surface area contributed by atoms with Crippen molar-refractivity contribution in [2.24, 2.45) is 5.92 Å². The molecule has 3 N–H and O–H groups in total. The highest BCUT2D eigenvalue weighted by atomic mass is 35.5. The maximum atomic E-state index is 11.7. The molecule has 1 saturated carbocycles. The zero-order valence-electron chi connectivity index (χ0n) is 11.1. The molecule has 1 aromatic carbocycles. The zero-order chi connectivity index (χ0) is 14.4. The smallest absolute Gasteiger partial charge is 0.314 e. The lowest BCUT2D eigenvalue weighted by molar-refractivity contribution is 0.0954. The molecule has 0 radical (unpaired) electrons. The van der Waals surface area contributed by atoms with E-state index in [0.29, 0.717) is 29.6 Å². The van der Waals surface area contributed by atoms with Gasteiger partial charge in [-0.3, -0.25) is 4.79 Å². The van der Waals surface area contributed by atoms with E-state index in [0.717, 1.165) is 6.54 Å². The second-order valence-electron chi connectivity index (χ2n) is 4.84. The van der Waals surface area contributed by atoms with Crippen molar-refractivity contribution >= 4 is 23.5 Å². The van der Waals surface area contributed by atoms with Crippen molar-refractivity contribution in [3.8, 4) is 0 Å². The van der Waals surface area contributed by atoms with Crippen LogP contribution in [0.15, 0.2) is 24.3 Å². The van der Waals surface area contributed by atoms with Crippen molar-refractivity contribution in [2.45, 2.75) is 12.8 Å². The van der Waals surface area contributed by atoms with Gasteiger partial charge in [0.15, 0.2) is 0 Å². The van der Waals surface area contributed by atoms with Crippen LogP contribution in [0.1, 0.15) is 23.2 Å². The van der Waals surface area contributed by atoms with Gasteiger partial charge in [0.1, 0.15) is 0 Å². The maximum Gasteiger partial charge on any atom is 0.314 e. The Bertz CT molecular complexity index is 472. The van der Waals surface area contributed by atoms with Crippen LogP contribution >= 0.6 is 11.6 Å². The molecule has 0 heterocycles. The van der Waals surface area contributed by atoms with Crippen molar-refractivity contribution in [2.75, 3.05) is 19.6 Å². The van der Waals surface area contributed by atoms with Crippen LogP contribution in [0, 0.1) is 5.92 Å². The minimum Gasteiger partial charge on any atom is -0.350 e. The molecular formula is C14H18ClN3O2. The molecule has 3 amide bonds. The van der Waals surface area contributed by atoms with Crippen molar-refractivity contribution in [1.82, 2.24) is 16.0 Å². The Hall–Kier alpha value is -1.75. The third-order valence-corrected chi connectivity index (χ3v) is 3.30. The number of nitrogens with one attached hydrogen (secondary N) is 3. The Kier molecular flexibility index (Phi) is 5.24. The van der Waals surface area contributed by atoms with E-state index in [-0.39, 0.29) is 11.9 Å². The van der Waals surface area contributed by atoms with E-state index in [1.54, 1.807) is 24.3 Å². The number of benzene rings is 1. The number of carbonyl (C=O) groups excluding carboxylic acids is 2. The summed E-state index contributed by atoms with van der Waals surface area (Å²) in [5, 5.41) is 8.81. The third-order valence-electron chi connectivity index (χ3n) is 3.05. The summed E-state index contributed by atoms with van der Waals surface area (Å²) in [6.07, 6.45) is 2.41. The number of rotatable bonds is 6. The Morgan fingerprint density at radius 3 is 2.35 bits per heavy atom. The molecule has 0 unspecified atom stereocenters. The molecule has 0 bridgehead atoms. The average Bonchev–Trinajstić information content (AvgIpc) is 3.26. The lowest BCUT2D eigenvalue weighted by atomic mass is 10.2. The first kappa shape index (κ1) is 14.7. The van der Waals surface area contributed by atoms with Gasteiger partial charge in [-0.25, -0.2) is 4.79 Å². The van der Waals surface area contributed by atoms with Crippen LogP contribution in [0.25, 0.3) is 0 Å². The van der Waals surface area contributed by atoms with Crippen molar-refractivity contribution in [1.29, 1.82) is 0 Å². The summed E-state index contributed by atoms with van der Waals surface area (Å²) in [5.41, 5.74) is 0.549. The van der Waals surface area contributed by atoms with Gasteiger partial charge in [-0.2, -0.15) is 0 Å². The number of urea groups is 1. The SMILES string of the molecule is O=C(NCCNC(=O)c1ccc(Cl)cc1)NCC1CC1. The Morgan fingerprint density at radius 2 is 1.70 bits per heavy atom. The van der Waals surface area contributed by atoms with E-state index in [1.807, 2.05) is 0 Å². The number of amides is 3. The van der Waals surface area contributed by atoms with E-state index >= 15 is 0 Å². The van der Waals surface area contributed by atoms with Gasteiger partial charge < -0.3 is 16.0 Å². The first-order valence-corrected chi connectivity index (χ1v) is 7.08. The van der Waals surface area contributed by atoms with Gasteiger partial charge in [0.05, 0.1) is 0 Å². The largest absolute Gasteiger partial charge is 0.350 e. The molecule has 1 aliphatic rings. The standard InChI is InChI=1S/C14H18ClN3O2/c15-12-5-3-11(4-6-12)13(19)16-7-8-17-14(20)18-9-10-1-2-10/h3-6,10H,1-2,7-9H2,(H,16,19)(H2,17,18,20). The minimum absolute atomic E-state index is 0.179. The lowest BCUT2D eigenvalue weighted by Gasteiger charge is -2.08.